The molecular weight excluding hydrogens is 314 g/mol. The Labute approximate surface area is 138 Å². The van der Waals surface area contributed by atoms with Gasteiger partial charge in [-0.15, -0.1) is 0 Å². The van der Waals surface area contributed by atoms with Crippen LogP contribution in [-0.2, 0) is 16.4 Å². The van der Waals surface area contributed by atoms with Crippen LogP contribution in [0.15, 0.2) is 24.3 Å². The van der Waals surface area contributed by atoms with Crippen LogP contribution < -0.4 is 15.4 Å². The number of amides is 2. The molecule has 6 nitrogen and oxygen atoms in total. The van der Waals surface area contributed by atoms with Gasteiger partial charge in [0.15, 0.2) is 0 Å². The Bertz CT molecular complexity index is 631. The smallest absolute Gasteiger partial charge is 0.314 e. The lowest BCUT2D eigenvalue weighted by molar-refractivity contribution is 0.239. The summed E-state index contributed by atoms with van der Waals surface area (Å²) in [4.78, 5) is 11.8. The van der Waals surface area contributed by atoms with Crippen molar-refractivity contribution in [1.29, 1.82) is 0 Å². The molecule has 0 heterocycles. The molecule has 0 fully saturated rings. The van der Waals surface area contributed by atoms with Gasteiger partial charge in [0.05, 0.1) is 6.26 Å². The summed E-state index contributed by atoms with van der Waals surface area (Å²) < 4.78 is 24.2. The summed E-state index contributed by atoms with van der Waals surface area (Å²) in [6, 6.07) is 8.22. The molecule has 3 N–H and O–H groups in total. The zero-order valence-electron chi connectivity index (χ0n) is 13.5. The SMILES string of the molecule is CS(=O)(=O)NCCCNC(=O)NC[C@H]1CCCc2ccccc21. The van der Waals surface area contributed by atoms with Crippen LogP contribution in [-0.4, -0.2) is 40.3 Å². The molecule has 0 saturated heterocycles. The maximum absolute atomic E-state index is 11.8. The molecule has 1 aromatic carbocycles. The summed E-state index contributed by atoms with van der Waals surface area (Å²) in [7, 11) is -3.16. The predicted molar refractivity (Wildman–Crippen MR) is 91.0 cm³/mol. The van der Waals surface area contributed by atoms with Gasteiger partial charge in [-0.1, -0.05) is 24.3 Å². The summed E-state index contributed by atoms with van der Waals surface area (Å²) in [5, 5.41) is 5.66. The zero-order valence-corrected chi connectivity index (χ0v) is 14.3. The van der Waals surface area contributed by atoms with Crippen molar-refractivity contribution in [2.24, 2.45) is 0 Å². The summed E-state index contributed by atoms with van der Waals surface area (Å²) in [5.41, 5.74) is 2.73. The second-order valence-corrected chi connectivity index (χ2v) is 7.78. The van der Waals surface area contributed by atoms with Gasteiger partial charge >= 0.3 is 6.03 Å². The number of carbonyl (C=O) groups is 1. The lowest BCUT2D eigenvalue weighted by Crippen LogP contribution is -2.39. The monoisotopic (exact) mass is 339 g/mol. The maximum atomic E-state index is 11.8. The molecule has 0 unspecified atom stereocenters. The van der Waals surface area contributed by atoms with Gasteiger partial charge in [0, 0.05) is 25.6 Å². The molecule has 7 heteroatoms. The van der Waals surface area contributed by atoms with E-state index in [0.29, 0.717) is 32.0 Å². The van der Waals surface area contributed by atoms with E-state index < -0.39 is 10.0 Å². The molecule has 1 atom stereocenters. The number of hydrogen-bond acceptors (Lipinski definition) is 3. The first-order valence-electron chi connectivity index (χ1n) is 8.00. The lowest BCUT2D eigenvalue weighted by Gasteiger charge is -2.25. The minimum Gasteiger partial charge on any atom is -0.338 e. The molecular formula is C16H25N3O3S. The van der Waals surface area contributed by atoms with Gasteiger partial charge in [-0.25, -0.2) is 17.9 Å². The van der Waals surface area contributed by atoms with Crippen molar-refractivity contribution < 1.29 is 13.2 Å². The Morgan fingerprint density at radius 2 is 2.00 bits per heavy atom. The molecule has 0 spiro atoms. The number of rotatable bonds is 7. The molecule has 0 saturated carbocycles. The first-order valence-corrected chi connectivity index (χ1v) is 9.89. The number of urea groups is 1. The van der Waals surface area contributed by atoms with E-state index in [0.717, 1.165) is 25.5 Å². The van der Waals surface area contributed by atoms with E-state index in [9.17, 15) is 13.2 Å². The lowest BCUT2D eigenvalue weighted by atomic mass is 9.83. The highest BCUT2D eigenvalue weighted by molar-refractivity contribution is 7.88. The van der Waals surface area contributed by atoms with Gasteiger partial charge in [0.25, 0.3) is 0 Å². The van der Waals surface area contributed by atoms with Crippen molar-refractivity contribution in [2.75, 3.05) is 25.9 Å². The molecule has 1 aliphatic rings. The molecule has 1 aliphatic carbocycles. The van der Waals surface area contributed by atoms with Crippen LogP contribution in [0.1, 0.15) is 36.3 Å². The summed E-state index contributed by atoms with van der Waals surface area (Å²) >= 11 is 0. The minimum atomic E-state index is -3.16. The van der Waals surface area contributed by atoms with Gasteiger partial charge in [0.2, 0.25) is 10.0 Å². The molecule has 0 aliphatic heterocycles. The highest BCUT2D eigenvalue weighted by atomic mass is 32.2. The molecule has 0 bridgehead atoms. The quantitative estimate of drug-likeness (QED) is 0.655. The van der Waals surface area contributed by atoms with Crippen LogP contribution in [0.5, 0.6) is 0 Å². The van der Waals surface area contributed by atoms with E-state index in [2.05, 4.69) is 33.6 Å². The molecule has 128 valence electrons. The number of nitrogens with one attached hydrogen (secondary N) is 3. The van der Waals surface area contributed by atoms with Crippen LogP contribution in [0, 0.1) is 0 Å². The van der Waals surface area contributed by atoms with E-state index in [1.807, 2.05) is 6.07 Å². The fourth-order valence-electron chi connectivity index (χ4n) is 2.89. The number of benzene rings is 1. The predicted octanol–water partition coefficient (Wildman–Crippen LogP) is 1.34. The Morgan fingerprint density at radius 3 is 2.78 bits per heavy atom. The standard InChI is InChI=1S/C16H25N3O3S/c1-23(21,22)19-11-5-10-17-16(20)18-12-14-8-4-7-13-6-2-3-9-15(13)14/h2-3,6,9,14,19H,4-5,7-8,10-12H2,1H3,(H2,17,18,20)/t14-/m1/s1. The largest absolute Gasteiger partial charge is 0.338 e. The third kappa shape index (κ3) is 6.19. The average Bonchev–Trinajstić information content (AvgIpc) is 2.51. The first kappa shape index (κ1) is 17.7. The van der Waals surface area contributed by atoms with Crippen LogP contribution in [0.2, 0.25) is 0 Å². The number of fused-ring (bicyclic) bond motifs is 1. The van der Waals surface area contributed by atoms with Gasteiger partial charge in [-0.3, -0.25) is 0 Å². The summed E-state index contributed by atoms with van der Waals surface area (Å²) in [6.45, 7) is 1.40. The third-order valence-corrected chi connectivity index (χ3v) is 4.73. The van der Waals surface area contributed by atoms with Crippen molar-refractivity contribution in [3.63, 3.8) is 0 Å². The normalized spacial score (nSPS) is 17.3. The van der Waals surface area contributed by atoms with E-state index >= 15 is 0 Å². The van der Waals surface area contributed by atoms with Crippen molar-refractivity contribution in [1.82, 2.24) is 15.4 Å². The summed E-state index contributed by atoms with van der Waals surface area (Å²) in [6.07, 6.45) is 5.05. The highest BCUT2D eigenvalue weighted by Gasteiger charge is 2.19. The Hall–Kier alpha value is -1.60. The van der Waals surface area contributed by atoms with E-state index in [-0.39, 0.29) is 6.03 Å². The highest BCUT2D eigenvalue weighted by Crippen LogP contribution is 2.30. The Kier molecular flexibility index (Phi) is 6.41. The first-order chi connectivity index (χ1) is 11.0. The van der Waals surface area contributed by atoms with Crippen LogP contribution in [0.4, 0.5) is 4.79 Å². The maximum Gasteiger partial charge on any atom is 0.314 e. The number of aryl methyl sites for hydroxylation is 1. The molecule has 2 amide bonds. The van der Waals surface area contributed by atoms with Crippen molar-refractivity contribution in [2.45, 2.75) is 31.6 Å². The Balaban J connectivity index is 1.67. The second-order valence-electron chi connectivity index (χ2n) is 5.94. The van der Waals surface area contributed by atoms with Gasteiger partial charge in [0.1, 0.15) is 0 Å². The molecule has 23 heavy (non-hydrogen) atoms. The van der Waals surface area contributed by atoms with E-state index in [4.69, 9.17) is 0 Å². The number of hydrogen-bond donors (Lipinski definition) is 3. The average molecular weight is 339 g/mol. The molecule has 2 rings (SSSR count). The Morgan fingerprint density at radius 1 is 1.22 bits per heavy atom. The molecule has 0 aromatic heterocycles. The minimum absolute atomic E-state index is 0.201. The van der Waals surface area contributed by atoms with E-state index in [1.165, 1.54) is 11.1 Å². The second kappa shape index (κ2) is 8.31. The topological polar surface area (TPSA) is 87.3 Å². The van der Waals surface area contributed by atoms with Crippen molar-refractivity contribution >= 4 is 16.1 Å². The van der Waals surface area contributed by atoms with Crippen LogP contribution in [0.25, 0.3) is 0 Å². The van der Waals surface area contributed by atoms with Crippen LogP contribution >= 0.6 is 0 Å². The van der Waals surface area contributed by atoms with Crippen LogP contribution in [0.3, 0.4) is 0 Å². The van der Waals surface area contributed by atoms with Crippen molar-refractivity contribution in [3.8, 4) is 0 Å². The summed E-state index contributed by atoms with van der Waals surface area (Å²) in [5.74, 6) is 0.373. The molecule has 0 radical (unpaired) electrons. The third-order valence-electron chi connectivity index (χ3n) is 4.01. The van der Waals surface area contributed by atoms with E-state index in [1.54, 1.807) is 0 Å². The fraction of sp³-hybridized carbons (Fsp3) is 0.562. The van der Waals surface area contributed by atoms with Gasteiger partial charge < -0.3 is 10.6 Å². The van der Waals surface area contributed by atoms with Crippen molar-refractivity contribution in [3.05, 3.63) is 35.4 Å². The van der Waals surface area contributed by atoms with Gasteiger partial charge in [-0.05, 0) is 36.8 Å². The van der Waals surface area contributed by atoms with Gasteiger partial charge in [-0.2, -0.15) is 0 Å². The fourth-order valence-corrected chi connectivity index (χ4v) is 3.41. The zero-order chi connectivity index (χ0) is 16.7. The molecule has 1 aromatic rings. The number of sulfonamides is 1. The number of carbonyl (C=O) groups excluding carboxylic acids is 1.